The molecule has 10 rings (SSSR count). The van der Waals surface area contributed by atoms with Crippen molar-refractivity contribution in [3.8, 4) is 0 Å². The van der Waals surface area contributed by atoms with E-state index in [1.807, 2.05) is 0 Å². The van der Waals surface area contributed by atoms with Gasteiger partial charge < -0.3 is 9.80 Å². The molecule has 8 aromatic rings. The maximum Gasteiger partial charge on any atom is 0.0581 e. The van der Waals surface area contributed by atoms with E-state index in [1.54, 1.807) is 0 Å². The van der Waals surface area contributed by atoms with Crippen molar-refractivity contribution in [3.05, 3.63) is 168 Å². The zero-order chi connectivity index (χ0) is 32.4. The standard InChI is InChI=1S/C46H36N2/c1-45(2)35-19-11-13-21-39(35)47(31-15-7-5-8-16-31)43-33-25-26-34-42-30(24-23-29(41(33)42)27-37(43)45)28-38-44(34)48(32-17-9-6-10-18-32)40-22-14-12-20-36(40)46(38,3)4/h5-28H,1-4H3. The summed E-state index contributed by atoms with van der Waals surface area (Å²) < 4.78 is 0. The van der Waals surface area contributed by atoms with Crippen molar-refractivity contribution < 1.29 is 0 Å². The number of hydrogen-bond donors (Lipinski definition) is 0. The van der Waals surface area contributed by atoms with Crippen molar-refractivity contribution in [1.82, 2.24) is 0 Å². The summed E-state index contributed by atoms with van der Waals surface area (Å²) in [5, 5.41) is 7.87. The normalized spacial score (nSPS) is 15.8. The highest BCUT2D eigenvalue weighted by molar-refractivity contribution is 6.29. The van der Waals surface area contributed by atoms with E-state index in [9.17, 15) is 0 Å². The molecule has 0 N–H and O–H groups in total. The summed E-state index contributed by atoms with van der Waals surface area (Å²) in [6.45, 7) is 9.55. The minimum absolute atomic E-state index is 0.168. The second-order valence-electron chi connectivity index (χ2n) is 14.6. The molecule has 0 bridgehead atoms. The van der Waals surface area contributed by atoms with Gasteiger partial charge in [-0.1, -0.05) is 125 Å². The average Bonchev–Trinajstić information content (AvgIpc) is 3.12. The molecule has 0 aromatic heterocycles. The summed E-state index contributed by atoms with van der Waals surface area (Å²) in [5.41, 5.74) is 12.5. The van der Waals surface area contributed by atoms with Gasteiger partial charge in [-0.05, 0) is 92.3 Å². The first-order valence-electron chi connectivity index (χ1n) is 17.0. The smallest absolute Gasteiger partial charge is 0.0581 e. The van der Waals surface area contributed by atoms with E-state index in [-0.39, 0.29) is 10.8 Å². The lowest BCUT2D eigenvalue weighted by Gasteiger charge is -2.44. The molecule has 2 heterocycles. The molecule has 0 radical (unpaired) electrons. The van der Waals surface area contributed by atoms with Crippen molar-refractivity contribution in [2.75, 3.05) is 9.80 Å². The van der Waals surface area contributed by atoms with Crippen molar-refractivity contribution in [2.24, 2.45) is 0 Å². The first kappa shape index (κ1) is 27.5. The van der Waals surface area contributed by atoms with Gasteiger partial charge >= 0.3 is 0 Å². The Bertz CT molecular complexity index is 2380. The molecule has 2 nitrogen and oxygen atoms in total. The summed E-state index contributed by atoms with van der Waals surface area (Å²) in [6, 6.07) is 54.2. The van der Waals surface area contributed by atoms with E-state index >= 15 is 0 Å². The second-order valence-corrected chi connectivity index (χ2v) is 14.6. The quantitative estimate of drug-likeness (QED) is 0.178. The highest BCUT2D eigenvalue weighted by Crippen LogP contribution is 2.59. The van der Waals surface area contributed by atoms with Gasteiger partial charge in [0.05, 0.1) is 22.7 Å². The number of fused-ring (bicyclic) bond motifs is 6. The van der Waals surface area contributed by atoms with E-state index in [4.69, 9.17) is 0 Å². The van der Waals surface area contributed by atoms with Crippen molar-refractivity contribution in [3.63, 3.8) is 0 Å². The minimum atomic E-state index is -0.168. The molecule has 0 amide bonds. The fraction of sp³-hybridized carbons (Fsp3) is 0.130. The van der Waals surface area contributed by atoms with Gasteiger partial charge in [0.1, 0.15) is 0 Å². The van der Waals surface area contributed by atoms with Crippen LogP contribution in [0.4, 0.5) is 34.1 Å². The molecule has 2 aliphatic heterocycles. The zero-order valence-corrected chi connectivity index (χ0v) is 27.8. The fourth-order valence-electron chi connectivity index (χ4n) is 8.97. The average molecular weight is 617 g/mol. The first-order chi connectivity index (χ1) is 23.4. The van der Waals surface area contributed by atoms with Gasteiger partial charge in [-0.3, -0.25) is 0 Å². The molecule has 230 valence electrons. The van der Waals surface area contributed by atoms with Crippen LogP contribution in [0.25, 0.3) is 32.3 Å². The number of anilines is 6. The number of nitrogens with zero attached hydrogens (tertiary/aromatic N) is 2. The summed E-state index contributed by atoms with van der Waals surface area (Å²) in [6.07, 6.45) is 0. The van der Waals surface area contributed by atoms with Crippen LogP contribution in [0.15, 0.2) is 146 Å². The van der Waals surface area contributed by atoms with Gasteiger partial charge in [0.15, 0.2) is 0 Å². The molecule has 0 saturated carbocycles. The number of para-hydroxylation sites is 4. The van der Waals surface area contributed by atoms with Gasteiger partial charge in [-0.2, -0.15) is 0 Å². The highest BCUT2D eigenvalue weighted by Gasteiger charge is 2.41. The summed E-state index contributed by atoms with van der Waals surface area (Å²) in [7, 11) is 0. The molecule has 0 saturated heterocycles. The molecule has 2 aliphatic rings. The maximum absolute atomic E-state index is 2.51. The summed E-state index contributed by atoms with van der Waals surface area (Å²) >= 11 is 0. The molecule has 8 aromatic carbocycles. The monoisotopic (exact) mass is 616 g/mol. The van der Waals surface area contributed by atoms with Gasteiger partial charge in [0.25, 0.3) is 0 Å². The molecule has 48 heavy (non-hydrogen) atoms. The topological polar surface area (TPSA) is 6.48 Å². The van der Waals surface area contributed by atoms with Gasteiger partial charge in [-0.25, -0.2) is 0 Å². The van der Waals surface area contributed by atoms with Crippen LogP contribution < -0.4 is 9.80 Å². The molecule has 0 spiro atoms. The van der Waals surface area contributed by atoms with Crippen molar-refractivity contribution >= 4 is 66.4 Å². The van der Waals surface area contributed by atoms with Crippen LogP contribution in [-0.4, -0.2) is 0 Å². The first-order valence-corrected chi connectivity index (χ1v) is 17.0. The van der Waals surface area contributed by atoms with Crippen LogP contribution >= 0.6 is 0 Å². The molecular weight excluding hydrogens is 581 g/mol. The predicted molar refractivity (Wildman–Crippen MR) is 204 cm³/mol. The van der Waals surface area contributed by atoms with Crippen LogP contribution in [-0.2, 0) is 10.8 Å². The van der Waals surface area contributed by atoms with Crippen LogP contribution in [0.2, 0.25) is 0 Å². The Morgan fingerprint density at radius 3 is 1.17 bits per heavy atom. The lowest BCUT2D eigenvalue weighted by Crippen LogP contribution is -2.31. The van der Waals surface area contributed by atoms with Crippen LogP contribution in [0, 0.1) is 0 Å². The SMILES string of the molecule is CC1(C)c2ccccc2N(c2ccccc2)c2c1cc1ccc3cc4c(c5ccc2c1c35)N(c1ccccc1)c1ccccc1C4(C)C. The summed E-state index contributed by atoms with van der Waals surface area (Å²) in [4.78, 5) is 5.01. The Hall–Kier alpha value is -5.60. The third kappa shape index (κ3) is 3.47. The van der Waals surface area contributed by atoms with Gasteiger partial charge in [0, 0.05) is 33.0 Å². The Morgan fingerprint density at radius 2 is 0.750 bits per heavy atom. The van der Waals surface area contributed by atoms with E-state index in [0.29, 0.717) is 0 Å². The van der Waals surface area contributed by atoms with Crippen LogP contribution in [0.5, 0.6) is 0 Å². The second kappa shape index (κ2) is 9.49. The van der Waals surface area contributed by atoms with Crippen molar-refractivity contribution in [2.45, 2.75) is 38.5 Å². The Labute approximate surface area is 281 Å². The Balaban J connectivity index is 1.35. The predicted octanol–water partition coefficient (Wildman–Crippen LogP) is 12.8. The Kier molecular flexibility index (Phi) is 5.44. The maximum atomic E-state index is 2.51. The third-order valence-corrected chi connectivity index (χ3v) is 11.3. The molecule has 0 unspecified atom stereocenters. The number of hydrogen-bond acceptors (Lipinski definition) is 2. The molecule has 2 heteroatoms. The van der Waals surface area contributed by atoms with E-state index in [0.717, 1.165) is 0 Å². The highest BCUT2D eigenvalue weighted by atomic mass is 15.2. The molecular formula is C46H36N2. The molecule has 0 aliphatic carbocycles. The minimum Gasteiger partial charge on any atom is -0.309 e. The van der Waals surface area contributed by atoms with E-state index < -0.39 is 0 Å². The van der Waals surface area contributed by atoms with Crippen LogP contribution in [0.1, 0.15) is 49.9 Å². The number of rotatable bonds is 2. The summed E-state index contributed by atoms with van der Waals surface area (Å²) in [5.74, 6) is 0. The zero-order valence-electron chi connectivity index (χ0n) is 27.8. The van der Waals surface area contributed by atoms with E-state index in [2.05, 4.69) is 183 Å². The van der Waals surface area contributed by atoms with Crippen LogP contribution in [0.3, 0.4) is 0 Å². The van der Waals surface area contributed by atoms with E-state index in [1.165, 1.54) is 88.7 Å². The van der Waals surface area contributed by atoms with Gasteiger partial charge in [0.2, 0.25) is 0 Å². The number of benzene rings is 8. The fourth-order valence-corrected chi connectivity index (χ4v) is 8.97. The lowest BCUT2D eigenvalue weighted by atomic mass is 9.70. The molecule has 0 fully saturated rings. The molecule has 0 atom stereocenters. The largest absolute Gasteiger partial charge is 0.309 e. The third-order valence-electron chi connectivity index (χ3n) is 11.3. The van der Waals surface area contributed by atoms with Crippen molar-refractivity contribution in [1.29, 1.82) is 0 Å². The van der Waals surface area contributed by atoms with Gasteiger partial charge in [-0.15, -0.1) is 0 Å². The lowest BCUT2D eigenvalue weighted by molar-refractivity contribution is 0.633. The Morgan fingerprint density at radius 1 is 0.375 bits per heavy atom.